The molecule has 0 unspecified atom stereocenters. The van der Waals surface area contributed by atoms with Gasteiger partial charge >= 0.3 is 0 Å². The van der Waals surface area contributed by atoms with Gasteiger partial charge in [-0.25, -0.2) is 4.40 Å². The predicted molar refractivity (Wildman–Crippen MR) is 71.1 cm³/mol. The van der Waals surface area contributed by atoms with Gasteiger partial charge in [-0.05, 0) is 29.8 Å². The van der Waals surface area contributed by atoms with Crippen LogP contribution in [0.4, 0.5) is 0 Å². The number of benzene rings is 2. The highest BCUT2D eigenvalue weighted by atomic mass is 32.2. The minimum Gasteiger partial charge on any atom is -0.219 e. The average molecular weight is 238 g/mol. The van der Waals surface area contributed by atoms with Crippen LogP contribution in [-0.4, -0.2) is 6.21 Å². The van der Waals surface area contributed by atoms with Crippen LogP contribution >= 0.6 is 11.9 Å². The van der Waals surface area contributed by atoms with Crippen molar-refractivity contribution in [1.82, 2.24) is 0 Å². The summed E-state index contributed by atoms with van der Waals surface area (Å²) < 4.78 is 4.28. The molecule has 0 heterocycles. The van der Waals surface area contributed by atoms with Crippen LogP contribution in [0, 0.1) is 11.3 Å². The lowest BCUT2D eigenvalue weighted by Gasteiger charge is -1.94. The highest BCUT2D eigenvalue weighted by molar-refractivity contribution is 7.98. The van der Waals surface area contributed by atoms with Gasteiger partial charge in [0.25, 0.3) is 0 Å². The van der Waals surface area contributed by atoms with Crippen LogP contribution in [0.3, 0.4) is 0 Å². The van der Waals surface area contributed by atoms with E-state index in [9.17, 15) is 0 Å². The third-order valence-corrected chi connectivity index (χ3v) is 2.84. The van der Waals surface area contributed by atoms with Crippen LogP contribution in [0.15, 0.2) is 63.9 Å². The third-order valence-electron chi connectivity index (χ3n) is 2.14. The Morgan fingerprint density at radius 3 is 2.35 bits per heavy atom. The van der Waals surface area contributed by atoms with Crippen molar-refractivity contribution < 1.29 is 0 Å². The molecule has 0 atom stereocenters. The molecule has 0 aromatic heterocycles. The number of nitriles is 1. The Morgan fingerprint density at radius 1 is 1.00 bits per heavy atom. The van der Waals surface area contributed by atoms with Crippen LogP contribution < -0.4 is 0 Å². The van der Waals surface area contributed by atoms with Crippen LogP contribution in [0.1, 0.15) is 11.1 Å². The van der Waals surface area contributed by atoms with E-state index in [0.29, 0.717) is 5.56 Å². The van der Waals surface area contributed by atoms with Gasteiger partial charge in [0, 0.05) is 23.1 Å². The monoisotopic (exact) mass is 238 g/mol. The summed E-state index contributed by atoms with van der Waals surface area (Å²) in [5, 5.41) is 8.67. The summed E-state index contributed by atoms with van der Waals surface area (Å²) in [7, 11) is 0. The fraction of sp³-hybridized carbons (Fsp3) is 0. The molecule has 3 heteroatoms. The minimum atomic E-state index is 0.665. The second-order valence-electron chi connectivity index (χ2n) is 3.37. The van der Waals surface area contributed by atoms with Crippen molar-refractivity contribution in [2.75, 3.05) is 0 Å². The summed E-state index contributed by atoms with van der Waals surface area (Å²) in [5.41, 5.74) is 1.66. The van der Waals surface area contributed by atoms with E-state index in [2.05, 4.69) is 10.5 Å². The molecule has 0 spiro atoms. The zero-order chi connectivity index (χ0) is 11.9. The summed E-state index contributed by atoms with van der Waals surface area (Å²) in [6.45, 7) is 0. The average Bonchev–Trinajstić information content (AvgIpc) is 2.41. The van der Waals surface area contributed by atoms with Gasteiger partial charge < -0.3 is 0 Å². The molecule has 0 N–H and O–H groups in total. The summed E-state index contributed by atoms with van der Waals surface area (Å²) in [6.07, 6.45) is 1.79. The van der Waals surface area contributed by atoms with Crippen LogP contribution in [0.25, 0.3) is 0 Å². The smallest absolute Gasteiger partial charge is 0.0991 e. The largest absolute Gasteiger partial charge is 0.219 e. The van der Waals surface area contributed by atoms with Gasteiger partial charge in [0.05, 0.1) is 11.6 Å². The fourth-order valence-corrected chi connectivity index (χ4v) is 1.85. The molecule has 0 aliphatic heterocycles. The Kier molecular flexibility index (Phi) is 3.95. The van der Waals surface area contributed by atoms with Gasteiger partial charge in [-0.1, -0.05) is 30.3 Å². The number of rotatable bonds is 3. The van der Waals surface area contributed by atoms with Gasteiger partial charge in [-0.3, -0.25) is 0 Å². The van der Waals surface area contributed by atoms with Gasteiger partial charge in [0.2, 0.25) is 0 Å². The molecule has 0 amide bonds. The molecule has 0 bridgehead atoms. The Labute approximate surface area is 105 Å². The maximum absolute atomic E-state index is 8.67. The van der Waals surface area contributed by atoms with E-state index in [1.807, 2.05) is 42.5 Å². The Bertz CT molecular complexity index is 539. The molecule has 0 aliphatic rings. The van der Waals surface area contributed by atoms with E-state index in [-0.39, 0.29) is 0 Å². The maximum atomic E-state index is 8.67. The van der Waals surface area contributed by atoms with E-state index in [1.165, 1.54) is 11.9 Å². The molecule has 2 nitrogen and oxygen atoms in total. The zero-order valence-electron chi connectivity index (χ0n) is 9.08. The number of nitrogens with zero attached hydrogens (tertiary/aromatic N) is 2. The lowest BCUT2D eigenvalue weighted by Crippen LogP contribution is -1.80. The lowest BCUT2D eigenvalue weighted by atomic mass is 10.2. The standard InChI is InChI=1S/C14H10N2S/c15-10-12-6-8-13(9-7-12)11-16-17-14-4-2-1-3-5-14/h1-9,11H/b16-11+. The summed E-state index contributed by atoms with van der Waals surface area (Å²) >= 11 is 1.43. The Morgan fingerprint density at radius 2 is 1.71 bits per heavy atom. The number of hydrogen-bond donors (Lipinski definition) is 0. The van der Waals surface area contributed by atoms with Gasteiger partial charge in [-0.2, -0.15) is 5.26 Å². The van der Waals surface area contributed by atoms with Crippen molar-refractivity contribution >= 4 is 18.2 Å². The second-order valence-corrected chi connectivity index (χ2v) is 4.24. The molecule has 0 aliphatic carbocycles. The SMILES string of the molecule is N#Cc1ccc(/C=N/Sc2ccccc2)cc1. The van der Waals surface area contributed by atoms with E-state index in [1.54, 1.807) is 18.3 Å². The van der Waals surface area contributed by atoms with E-state index in [0.717, 1.165) is 10.5 Å². The summed E-state index contributed by atoms with van der Waals surface area (Å²) in [5.74, 6) is 0. The molecule has 2 rings (SSSR count). The molecule has 82 valence electrons. The second kappa shape index (κ2) is 5.88. The first-order valence-corrected chi connectivity index (χ1v) is 5.91. The van der Waals surface area contributed by atoms with Gasteiger partial charge in [0.15, 0.2) is 0 Å². The van der Waals surface area contributed by atoms with Crippen LogP contribution in [0.2, 0.25) is 0 Å². The fourth-order valence-electron chi connectivity index (χ4n) is 1.27. The molecule has 0 saturated heterocycles. The molecule has 17 heavy (non-hydrogen) atoms. The zero-order valence-corrected chi connectivity index (χ0v) is 9.89. The quantitative estimate of drug-likeness (QED) is 0.604. The van der Waals surface area contributed by atoms with Crippen LogP contribution in [-0.2, 0) is 0 Å². The first kappa shape index (κ1) is 11.4. The topological polar surface area (TPSA) is 36.1 Å². The van der Waals surface area contributed by atoms with Gasteiger partial charge in [0.1, 0.15) is 0 Å². The molecule has 2 aromatic rings. The first-order valence-electron chi connectivity index (χ1n) is 5.14. The van der Waals surface area contributed by atoms with E-state index in [4.69, 9.17) is 5.26 Å². The Hall–Kier alpha value is -2.05. The highest BCUT2D eigenvalue weighted by Crippen LogP contribution is 2.17. The first-order chi connectivity index (χ1) is 8.38. The van der Waals surface area contributed by atoms with Crippen molar-refractivity contribution in [1.29, 1.82) is 5.26 Å². The molecule has 0 radical (unpaired) electrons. The predicted octanol–water partition coefficient (Wildman–Crippen LogP) is 3.68. The highest BCUT2D eigenvalue weighted by Gasteiger charge is 1.91. The maximum Gasteiger partial charge on any atom is 0.0991 e. The van der Waals surface area contributed by atoms with Crippen molar-refractivity contribution in [2.45, 2.75) is 4.90 Å². The van der Waals surface area contributed by atoms with E-state index >= 15 is 0 Å². The van der Waals surface area contributed by atoms with E-state index < -0.39 is 0 Å². The minimum absolute atomic E-state index is 0.665. The third kappa shape index (κ3) is 3.47. The normalized spacial score (nSPS) is 10.3. The number of hydrogen-bond acceptors (Lipinski definition) is 3. The summed E-state index contributed by atoms with van der Waals surface area (Å²) in [6, 6.07) is 19.4. The Balaban J connectivity index is 1.99. The summed E-state index contributed by atoms with van der Waals surface area (Å²) in [4.78, 5) is 1.11. The molecule has 0 saturated carbocycles. The van der Waals surface area contributed by atoms with Crippen molar-refractivity contribution in [3.8, 4) is 6.07 Å². The van der Waals surface area contributed by atoms with Gasteiger partial charge in [-0.15, -0.1) is 0 Å². The van der Waals surface area contributed by atoms with Crippen molar-refractivity contribution in [3.05, 3.63) is 65.7 Å². The molecular weight excluding hydrogens is 228 g/mol. The van der Waals surface area contributed by atoms with Crippen molar-refractivity contribution in [2.24, 2.45) is 4.40 Å². The van der Waals surface area contributed by atoms with Crippen molar-refractivity contribution in [3.63, 3.8) is 0 Å². The lowest BCUT2D eigenvalue weighted by molar-refractivity contribution is 1.46. The molecular formula is C14H10N2S. The molecule has 2 aromatic carbocycles. The molecule has 0 fully saturated rings. The van der Waals surface area contributed by atoms with Crippen LogP contribution in [0.5, 0.6) is 0 Å².